The van der Waals surface area contributed by atoms with Crippen LogP contribution in [0.15, 0.2) is 24.3 Å². The summed E-state index contributed by atoms with van der Waals surface area (Å²) in [7, 11) is 0. The zero-order chi connectivity index (χ0) is 12.4. The van der Waals surface area contributed by atoms with Crippen molar-refractivity contribution in [2.24, 2.45) is 5.92 Å². The predicted octanol–water partition coefficient (Wildman–Crippen LogP) is 3.08. The van der Waals surface area contributed by atoms with Crippen LogP contribution in [0.2, 0.25) is 0 Å². The van der Waals surface area contributed by atoms with E-state index in [2.05, 4.69) is 6.92 Å². The first-order valence-electron chi connectivity index (χ1n) is 6.08. The molecule has 92 valence electrons. The number of alkyl halides is 1. The van der Waals surface area contributed by atoms with E-state index in [4.69, 9.17) is 11.6 Å². The van der Waals surface area contributed by atoms with E-state index in [-0.39, 0.29) is 11.3 Å². The largest absolute Gasteiger partial charge is 0.337 e. The van der Waals surface area contributed by atoms with Crippen LogP contribution >= 0.6 is 11.6 Å². The lowest BCUT2D eigenvalue weighted by molar-refractivity contribution is 0.0701. The van der Waals surface area contributed by atoms with Gasteiger partial charge in [0.15, 0.2) is 0 Å². The molecule has 0 aliphatic carbocycles. The van der Waals surface area contributed by atoms with Crippen molar-refractivity contribution in [1.29, 1.82) is 0 Å². The molecule has 1 aliphatic rings. The minimum Gasteiger partial charge on any atom is -0.337 e. The highest BCUT2D eigenvalue weighted by atomic mass is 35.5. The number of piperidine rings is 1. The van der Waals surface area contributed by atoms with Crippen LogP contribution in [-0.4, -0.2) is 29.3 Å². The number of nitrogens with zero attached hydrogens (tertiary/aromatic N) is 1. The summed E-state index contributed by atoms with van der Waals surface area (Å²) in [5.74, 6) is 0.601. The number of amides is 1. The van der Waals surface area contributed by atoms with Crippen molar-refractivity contribution in [2.45, 2.75) is 25.6 Å². The van der Waals surface area contributed by atoms with Crippen LogP contribution in [0.1, 0.15) is 29.3 Å². The molecule has 1 aliphatic heterocycles. The number of carbonyl (C=O) groups is 1. The molecule has 1 aromatic rings. The van der Waals surface area contributed by atoms with Gasteiger partial charge in [-0.2, -0.15) is 0 Å². The van der Waals surface area contributed by atoms with E-state index in [1.165, 1.54) is 0 Å². The first-order chi connectivity index (χ1) is 8.08. The quantitative estimate of drug-likeness (QED) is 0.703. The molecule has 1 fully saturated rings. The van der Waals surface area contributed by atoms with Crippen molar-refractivity contribution in [3.05, 3.63) is 35.4 Å². The third-order valence-corrected chi connectivity index (χ3v) is 3.99. The second kappa shape index (κ2) is 5.09. The van der Waals surface area contributed by atoms with E-state index in [1.54, 1.807) is 0 Å². The van der Waals surface area contributed by atoms with E-state index in [9.17, 15) is 4.79 Å². The molecule has 1 aromatic carbocycles. The molecule has 2 unspecified atom stereocenters. The van der Waals surface area contributed by atoms with E-state index < -0.39 is 0 Å². The summed E-state index contributed by atoms with van der Waals surface area (Å²) in [5, 5.41) is 0.0810. The SMILES string of the molecule is Cc1cccc(C(=O)N2CCC(C)C(Cl)C2)c1. The van der Waals surface area contributed by atoms with Gasteiger partial charge < -0.3 is 4.90 Å². The van der Waals surface area contributed by atoms with E-state index in [0.29, 0.717) is 12.5 Å². The highest BCUT2D eigenvalue weighted by Gasteiger charge is 2.27. The number of benzene rings is 1. The molecule has 1 heterocycles. The standard InChI is InChI=1S/C14H18ClNO/c1-10-4-3-5-12(8-10)14(17)16-7-6-11(2)13(15)9-16/h3-5,8,11,13H,6-7,9H2,1-2H3. The second-order valence-corrected chi connectivity index (χ2v) is 5.46. The van der Waals surface area contributed by atoms with Crippen LogP contribution in [0.5, 0.6) is 0 Å². The van der Waals surface area contributed by atoms with Crippen molar-refractivity contribution >= 4 is 17.5 Å². The molecule has 2 rings (SSSR count). The summed E-state index contributed by atoms with van der Waals surface area (Å²) in [4.78, 5) is 14.1. The van der Waals surface area contributed by atoms with Gasteiger partial charge in [-0.25, -0.2) is 0 Å². The zero-order valence-corrected chi connectivity index (χ0v) is 11.1. The number of hydrogen-bond donors (Lipinski definition) is 0. The maximum Gasteiger partial charge on any atom is 0.253 e. The summed E-state index contributed by atoms with van der Waals surface area (Å²) in [5.41, 5.74) is 1.88. The Hall–Kier alpha value is -1.02. The van der Waals surface area contributed by atoms with Crippen LogP contribution < -0.4 is 0 Å². The van der Waals surface area contributed by atoms with Gasteiger partial charge in [-0.3, -0.25) is 4.79 Å². The summed E-state index contributed by atoms with van der Waals surface area (Å²) < 4.78 is 0. The average molecular weight is 252 g/mol. The summed E-state index contributed by atoms with van der Waals surface area (Å²) in [6.45, 7) is 5.62. The van der Waals surface area contributed by atoms with Gasteiger partial charge in [-0.05, 0) is 31.4 Å². The fraction of sp³-hybridized carbons (Fsp3) is 0.500. The lowest BCUT2D eigenvalue weighted by atomic mass is 9.98. The first kappa shape index (κ1) is 12.4. The number of carbonyl (C=O) groups excluding carboxylic acids is 1. The van der Waals surface area contributed by atoms with Crippen LogP contribution in [0.25, 0.3) is 0 Å². The highest BCUT2D eigenvalue weighted by molar-refractivity contribution is 6.21. The summed E-state index contributed by atoms with van der Waals surface area (Å²) >= 11 is 6.23. The Morgan fingerprint density at radius 3 is 2.88 bits per heavy atom. The third kappa shape index (κ3) is 2.81. The number of hydrogen-bond acceptors (Lipinski definition) is 1. The Kier molecular flexibility index (Phi) is 3.72. The van der Waals surface area contributed by atoms with Gasteiger partial charge in [0.2, 0.25) is 0 Å². The fourth-order valence-corrected chi connectivity index (χ4v) is 2.46. The maximum atomic E-state index is 12.3. The van der Waals surface area contributed by atoms with Gasteiger partial charge in [0.05, 0.1) is 5.38 Å². The topological polar surface area (TPSA) is 20.3 Å². The van der Waals surface area contributed by atoms with E-state index in [0.717, 1.165) is 24.1 Å². The molecule has 1 saturated heterocycles. The molecule has 0 aromatic heterocycles. The van der Waals surface area contributed by atoms with Crippen LogP contribution in [-0.2, 0) is 0 Å². The molecular weight excluding hydrogens is 234 g/mol. The van der Waals surface area contributed by atoms with Crippen LogP contribution in [0.3, 0.4) is 0 Å². The van der Waals surface area contributed by atoms with Gasteiger partial charge in [0, 0.05) is 18.7 Å². The number of likely N-dealkylation sites (tertiary alicyclic amines) is 1. The Bertz CT molecular complexity index is 418. The smallest absolute Gasteiger partial charge is 0.253 e. The lowest BCUT2D eigenvalue weighted by Crippen LogP contribution is -2.43. The molecule has 0 radical (unpaired) electrons. The molecule has 0 spiro atoms. The zero-order valence-electron chi connectivity index (χ0n) is 10.3. The van der Waals surface area contributed by atoms with Crippen molar-refractivity contribution < 1.29 is 4.79 Å². The average Bonchev–Trinajstić information content (AvgIpc) is 2.32. The molecule has 0 saturated carbocycles. The van der Waals surface area contributed by atoms with Crippen molar-refractivity contribution in [3.63, 3.8) is 0 Å². The molecule has 1 amide bonds. The number of halogens is 1. The molecule has 3 heteroatoms. The van der Waals surface area contributed by atoms with Gasteiger partial charge in [0.1, 0.15) is 0 Å². The molecule has 0 bridgehead atoms. The Balaban J connectivity index is 2.10. The molecular formula is C14H18ClNO. The summed E-state index contributed by atoms with van der Waals surface area (Å²) in [6, 6.07) is 7.73. The first-order valence-corrected chi connectivity index (χ1v) is 6.51. The van der Waals surface area contributed by atoms with Gasteiger partial charge in [-0.1, -0.05) is 24.6 Å². The molecule has 17 heavy (non-hydrogen) atoms. The van der Waals surface area contributed by atoms with Crippen LogP contribution in [0.4, 0.5) is 0 Å². The number of rotatable bonds is 1. The normalized spacial score (nSPS) is 24.8. The minimum atomic E-state index is 0.0810. The van der Waals surface area contributed by atoms with Crippen molar-refractivity contribution in [1.82, 2.24) is 4.90 Å². The second-order valence-electron chi connectivity index (χ2n) is 4.90. The van der Waals surface area contributed by atoms with E-state index in [1.807, 2.05) is 36.1 Å². The maximum absolute atomic E-state index is 12.3. The monoisotopic (exact) mass is 251 g/mol. The molecule has 2 atom stereocenters. The highest BCUT2D eigenvalue weighted by Crippen LogP contribution is 2.23. The Morgan fingerprint density at radius 1 is 1.47 bits per heavy atom. The van der Waals surface area contributed by atoms with Gasteiger partial charge in [-0.15, -0.1) is 11.6 Å². The predicted molar refractivity (Wildman–Crippen MR) is 70.5 cm³/mol. The van der Waals surface area contributed by atoms with E-state index >= 15 is 0 Å². The van der Waals surface area contributed by atoms with Crippen LogP contribution in [0, 0.1) is 12.8 Å². The lowest BCUT2D eigenvalue weighted by Gasteiger charge is -2.34. The van der Waals surface area contributed by atoms with Gasteiger partial charge >= 0.3 is 0 Å². The van der Waals surface area contributed by atoms with Crippen molar-refractivity contribution in [3.8, 4) is 0 Å². The summed E-state index contributed by atoms with van der Waals surface area (Å²) in [6.07, 6.45) is 0.992. The fourth-order valence-electron chi connectivity index (χ4n) is 2.17. The third-order valence-electron chi connectivity index (χ3n) is 3.42. The van der Waals surface area contributed by atoms with Gasteiger partial charge in [0.25, 0.3) is 5.91 Å². The molecule has 0 N–H and O–H groups in total. The van der Waals surface area contributed by atoms with Crippen molar-refractivity contribution in [2.75, 3.05) is 13.1 Å². The number of aryl methyl sites for hydroxylation is 1. The Morgan fingerprint density at radius 2 is 2.24 bits per heavy atom. The minimum absolute atomic E-state index is 0.0810. The molecule has 2 nitrogen and oxygen atoms in total. The Labute approximate surface area is 108 Å².